The molecule has 0 N–H and O–H groups in total. The number of aldehydes is 1. The van der Waals surface area contributed by atoms with Crippen molar-refractivity contribution in [3.05, 3.63) is 23.8 Å². The number of rotatable bonds is 2. The lowest BCUT2D eigenvalue weighted by Crippen LogP contribution is -1.83. The smallest absolute Gasteiger partial charge is 0.185 e. The van der Waals surface area contributed by atoms with Crippen molar-refractivity contribution in [3.8, 4) is 5.06 Å². The van der Waals surface area contributed by atoms with Gasteiger partial charge in [0.05, 0.1) is 17.4 Å². The molecule has 0 saturated carbocycles. The van der Waals surface area contributed by atoms with Crippen LogP contribution in [-0.2, 0) is 0 Å². The van der Waals surface area contributed by atoms with E-state index in [1.807, 2.05) is 18.2 Å². The van der Waals surface area contributed by atoms with Crippen molar-refractivity contribution in [1.82, 2.24) is 0 Å². The van der Waals surface area contributed by atoms with E-state index >= 15 is 0 Å². The van der Waals surface area contributed by atoms with Crippen LogP contribution in [0.2, 0.25) is 0 Å². The molecular formula is C10H8O2S2. The van der Waals surface area contributed by atoms with Gasteiger partial charge < -0.3 is 4.74 Å². The summed E-state index contributed by atoms with van der Waals surface area (Å²) in [4.78, 5) is 11.7. The van der Waals surface area contributed by atoms with E-state index in [1.54, 1.807) is 7.11 Å². The molecule has 2 rings (SSSR count). The molecule has 0 unspecified atom stereocenters. The number of methoxy groups -OCH3 is 1. The maximum atomic E-state index is 10.9. The van der Waals surface area contributed by atoms with Crippen LogP contribution in [0.4, 0.5) is 0 Å². The van der Waals surface area contributed by atoms with Crippen molar-refractivity contribution < 1.29 is 9.53 Å². The van der Waals surface area contributed by atoms with Crippen LogP contribution < -0.4 is 4.74 Å². The molecule has 1 aromatic heterocycles. The highest BCUT2D eigenvalue weighted by atomic mass is 32.1. The number of thiophene rings is 1. The summed E-state index contributed by atoms with van der Waals surface area (Å²) in [6, 6.07) is 5.68. The summed E-state index contributed by atoms with van der Waals surface area (Å²) < 4.78 is 6.12. The first-order valence-electron chi connectivity index (χ1n) is 4.01. The molecule has 4 heteroatoms. The maximum absolute atomic E-state index is 10.9. The van der Waals surface area contributed by atoms with Crippen LogP contribution in [0.15, 0.2) is 23.1 Å². The van der Waals surface area contributed by atoms with Crippen molar-refractivity contribution in [2.24, 2.45) is 0 Å². The summed E-state index contributed by atoms with van der Waals surface area (Å²) in [5.41, 5.74) is 0.614. The summed E-state index contributed by atoms with van der Waals surface area (Å²) in [6.07, 6.45) is 0.824. The molecule has 0 aliphatic heterocycles. The van der Waals surface area contributed by atoms with E-state index in [-0.39, 0.29) is 0 Å². The van der Waals surface area contributed by atoms with Gasteiger partial charge in [0.1, 0.15) is 0 Å². The molecule has 0 aliphatic rings. The summed E-state index contributed by atoms with van der Waals surface area (Å²) >= 11 is 5.77. The highest BCUT2D eigenvalue weighted by Crippen LogP contribution is 2.39. The van der Waals surface area contributed by atoms with Crippen LogP contribution in [0, 0.1) is 0 Å². The van der Waals surface area contributed by atoms with Crippen LogP contribution in [0.1, 0.15) is 10.4 Å². The quantitative estimate of drug-likeness (QED) is 0.627. The fourth-order valence-electron chi connectivity index (χ4n) is 1.37. The number of hydrogen-bond donors (Lipinski definition) is 1. The Balaban J connectivity index is 2.86. The zero-order chi connectivity index (χ0) is 10.1. The van der Waals surface area contributed by atoms with Gasteiger partial charge in [-0.3, -0.25) is 4.79 Å². The number of ether oxygens (including phenoxy) is 1. The van der Waals surface area contributed by atoms with Gasteiger partial charge in [-0.05, 0) is 6.07 Å². The third-order valence-corrected chi connectivity index (χ3v) is 3.74. The first-order valence-corrected chi connectivity index (χ1v) is 5.28. The SMILES string of the molecule is COc1sc2c(S)cccc2c1C=O. The summed E-state index contributed by atoms with van der Waals surface area (Å²) in [6.45, 7) is 0. The number of carbonyl (C=O) groups is 1. The fourth-order valence-corrected chi connectivity index (χ4v) is 2.71. The predicted octanol–water partition coefficient (Wildman–Crippen LogP) is 3.01. The van der Waals surface area contributed by atoms with Crippen LogP contribution in [0.3, 0.4) is 0 Å². The van der Waals surface area contributed by atoms with Crippen LogP contribution in [0.5, 0.6) is 5.06 Å². The van der Waals surface area contributed by atoms with Crippen molar-refractivity contribution in [2.45, 2.75) is 4.90 Å². The van der Waals surface area contributed by atoms with E-state index in [0.717, 1.165) is 21.3 Å². The molecule has 0 radical (unpaired) electrons. The molecule has 0 aliphatic carbocycles. The second-order valence-corrected chi connectivity index (χ2v) is 4.24. The Morgan fingerprint density at radius 2 is 2.29 bits per heavy atom. The molecule has 0 spiro atoms. The predicted molar refractivity (Wildman–Crippen MR) is 61.0 cm³/mol. The number of carbonyl (C=O) groups excluding carboxylic acids is 1. The molecule has 2 nitrogen and oxygen atoms in total. The summed E-state index contributed by atoms with van der Waals surface area (Å²) in [5.74, 6) is 0. The van der Waals surface area contributed by atoms with E-state index in [2.05, 4.69) is 12.6 Å². The lowest BCUT2D eigenvalue weighted by atomic mass is 10.2. The first kappa shape index (κ1) is 9.55. The van der Waals surface area contributed by atoms with E-state index in [9.17, 15) is 4.79 Å². The zero-order valence-electron chi connectivity index (χ0n) is 7.48. The van der Waals surface area contributed by atoms with Crippen LogP contribution in [0.25, 0.3) is 10.1 Å². The molecule has 72 valence electrons. The Bertz CT molecular complexity index is 488. The third-order valence-electron chi connectivity index (χ3n) is 2.00. The second kappa shape index (κ2) is 3.63. The first-order chi connectivity index (χ1) is 6.77. The monoisotopic (exact) mass is 224 g/mol. The summed E-state index contributed by atoms with van der Waals surface area (Å²) in [7, 11) is 1.57. The Morgan fingerprint density at radius 1 is 1.50 bits per heavy atom. The maximum Gasteiger partial charge on any atom is 0.185 e. The van der Waals surface area contributed by atoms with Crippen molar-refractivity contribution in [2.75, 3.05) is 7.11 Å². The van der Waals surface area contributed by atoms with Gasteiger partial charge >= 0.3 is 0 Å². The molecule has 0 saturated heterocycles. The van der Waals surface area contributed by atoms with Gasteiger partial charge in [0.2, 0.25) is 0 Å². The average Bonchev–Trinajstić information content (AvgIpc) is 2.57. The normalized spacial score (nSPS) is 10.4. The van der Waals surface area contributed by atoms with Crippen molar-refractivity contribution in [3.63, 3.8) is 0 Å². The standard InChI is InChI=1S/C10H8O2S2/c1-12-10-7(5-11)6-3-2-4-8(13)9(6)14-10/h2-5,13H,1H3. The van der Waals surface area contributed by atoms with Crippen LogP contribution in [-0.4, -0.2) is 13.4 Å². The molecule has 14 heavy (non-hydrogen) atoms. The Kier molecular flexibility index (Phi) is 2.48. The van der Waals surface area contributed by atoms with Crippen molar-refractivity contribution in [1.29, 1.82) is 0 Å². The molecule has 1 heterocycles. The average molecular weight is 224 g/mol. The Hall–Kier alpha value is -1.00. The number of hydrogen-bond acceptors (Lipinski definition) is 4. The Morgan fingerprint density at radius 3 is 2.93 bits per heavy atom. The third kappa shape index (κ3) is 1.31. The Labute approximate surface area is 90.9 Å². The minimum atomic E-state index is 0.614. The molecular weight excluding hydrogens is 216 g/mol. The largest absolute Gasteiger partial charge is 0.487 e. The van der Waals surface area contributed by atoms with E-state index < -0.39 is 0 Å². The van der Waals surface area contributed by atoms with E-state index in [1.165, 1.54) is 11.3 Å². The topological polar surface area (TPSA) is 26.3 Å². The number of thiol groups is 1. The van der Waals surface area contributed by atoms with Gasteiger partial charge in [0.25, 0.3) is 0 Å². The number of fused-ring (bicyclic) bond motifs is 1. The molecule has 1 aromatic carbocycles. The molecule has 0 amide bonds. The minimum Gasteiger partial charge on any atom is -0.487 e. The number of benzene rings is 1. The lowest BCUT2D eigenvalue weighted by molar-refractivity contribution is 0.112. The highest BCUT2D eigenvalue weighted by molar-refractivity contribution is 7.80. The van der Waals surface area contributed by atoms with E-state index in [4.69, 9.17) is 4.74 Å². The molecule has 0 fully saturated rings. The van der Waals surface area contributed by atoms with E-state index in [0.29, 0.717) is 10.6 Å². The highest BCUT2D eigenvalue weighted by Gasteiger charge is 2.12. The minimum absolute atomic E-state index is 0.614. The zero-order valence-corrected chi connectivity index (χ0v) is 9.19. The molecule has 0 bridgehead atoms. The van der Waals surface area contributed by atoms with Gasteiger partial charge in [-0.25, -0.2) is 0 Å². The van der Waals surface area contributed by atoms with Crippen LogP contribution >= 0.6 is 24.0 Å². The second-order valence-electron chi connectivity index (χ2n) is 2.78. The van der Waals surface area contributed by atoms with Gasteiger partial charge in [0.15, 0.2) is 11.3 Å². The van der Waals surface area contributed by atoms with Crippen molar-refractivity contribution >= 4 is 40.3 Å². The molecule has 0 atom stereocenters. The van der Waals surface area contributed by atoms with Gasteiger partial charge in [-0.2, -0.15) is 0 Å². The van der Waals surface area contributed by atoms with Gasteiger partial charge in [0, 0.05) is 10.3 Å². The molecule has 2 aromatic rings. The van der Waals surface area contributed by atoms with Gasteiger partial charge in [-0.1, -0.05) is 23.5 Å². The van der Waals surface area contributed by atoms with Gasteiger partial charge in [-0.15, -0.1) is 12.6 Å². The summed E-state index contributed by atoms with van der Waals surface area (Å²) in [5, 5.41) is 1.56. The lowest BCUT2D eigenvalue weighted by Gasteiger charge is -1.93. The fraction of sp³-hybridized carbons (Fsp3) is 0.100.